The highest BCUT2D eigenvalue weighted by Crippen LogP contribution is 2.31. The predicted molar refractivity (Wildman–Crippen MR) is 105 cm³/mol. The molecule has 2 aromatic heterocycles. The van der Waals surface area contributed by atoms with Crippen molar-refractivity contribution in [1.29, 1.82) is 0 Å². The summed E-state index contributed by atoms with van der Waals surface area (Å²) in [5.74, 6) is 0.976. The Kier molecular flexibility index (Phi) is 4.75. The lowest BCUT2D eigenvalue weighted by atomic mass is 9.91. The van der Waals surface area contributed by atoms with Crippen LogP contribution in [0.25, 0.3) is 11.0 Å². The highest BCUT2D eigenvalue weighted by Gasteiger charge is 2.34. The Morgan fingerprint density at radius 2 is 1.93 bits per heavy atom. The molecule has 29 heavy (non-hydrogen) atoms. The van der Waals surface area contributed by atoms with Gasteiger partial charge in [0.25, 0.3) is 0 Å². The van der Waals surface area contributed by atoms with E-state index >= 15 is 0 Å². The lowest BCUT2D eigenvalue weighted by molar-refractivity contribution is 0.0994. The number of nitrogens with zero attached hydrogens (tertiary/aromatic N) is 5. The number of halogens is 2. The van der Waals surface area contributed by atoms with E-state index in [2.05, 4.69) is 30.2 Å². The van der Waals surface area contributed by atoms with E-state index in [1.54, 1.807) is 6.07 Å². The van der Waals surface area contributed by atoms with Crippen LogP contribution < -0.4 is 10.2 Å². The molecule has 2 aliphatic rings. The van der Waals surface area contributed by atoms with Gasteiger partial charge in [-0.3, -0.25) is 4.90 Å². The summed E-state index contributed by atoms with van der Waals surface area (Å²) in [6.45, 7) is 4.39. The summed E-state index contributed by atoms with van der Waals surface area (Å²) < 4.78 is 31.9. The van der Waals surface area contributed by atoms with Crippen LogP contribution in [0.15, 0.2) is 35.1 Å². The van der Waals surface area contributed by atoms with E-state index in [0.717, 1.165) is 56.8 Å². The number of anilines is 2. The van der Waals surface area contributed by atoms with Crippen molar-refractivity contribution in [3.63, 3.8) is 0 Å². The average molecular weight is 400 g/mol. The van der Waals surface area contributed by atoms with Gasteiger partial charge in [-0.2, -0.15) is 0 Å². The molecule has 0 radical (unpaired) electrons. The van der Waals surface area contributed by atoms with Gasteiger partial charge >= 0.3 is 0 Å². The fourth-order valence-corrected chi connectivity index (χ4v) is 4.38. The molecule has 2 unspecified atom stereocenters. The van der Waals surface area contributed by atoms with Crippen LogP contribution in [0.4, 0.5) is 20.5 Å². The fourth-order valence-electron chi connectivity index (χ4n) is 4.38. The van der Waals surface area contributed by atoms with Crippen molar-refractivity contribution in [2.24, 2.45) is 5.92 Å². The number of hydrogen-bond acceptors (Lipinski definition) is 7. The Morgan fingerprint density at radius 1 is 1.07 bits per heavy atom. The molecule has 0 bridgehead atoms. The molecule has 0 saturated carbocycles. The van der Waals surface area contributed by atoms with Crippen LogP contribution in [-0.4, -0.2) is 58.8 Å². The highest BCUT2D eigenvalue weighted by molar-refractivity contribution is 5.88. The largest absolute Gasteiger partial charge is 0.354 e. The van der Waals surface area contributed by atoms with Gasteiger partial charge in [-0.25, -0.2) is 18.7 Å². The van der Waals surface area contributed by atoms with Crippen LogP contribution in [0, 0.1) is 17.6 Å². The first-order valence-electron chi connectivity index (χ1n) is 9.91. The lowest BCUT2D eigenvalue weighted by Gasteiger charge is -2.46. The average Bonchev–Trinajstić information content (AvgIpc) is 3.16. The Bertz CT molecular complexity index is 994. The summed E-state index contributed by atoms with van der Waals surface area (Å²) in [6, 6.07) is 4.96. The van der Waals surface area contributed by atoms with Gasteiger partial charge < -0.3 is 14.7 Å². The van der Waals surface area contributed by atoms with E-state index in [9.17, 15) is 8.78 Å². The third kappa shape index (κ3) is 3.74. The molecule has 2 fully saturated rings. The number of nitrogens with one attached hydrogen (secondary N) is 1. The minimum absolute atomic E-state index is 0.279. The van der Waals surface area contributed by atoms with Gasteiger partial charge in [0.2, 0.25) is 5.95 Å². The molecule has 1 aromatic carbocycles. The zero-order valence-electron chi connectivity index (χ0n) is 15.9. The first-order chi connectivity index (χ1) is 14.2. The number of hydrogen-bond donors (Lipinski definition) is 1. The molecule has 0 aliphatic carbocycles. The molecular formula is C20H22F2N6O. The number of piperidine rings is 1. The minimum Gasteiger partial charge on any atom is -0.354 e. The molecule has 2 aliphatic heterocycles. The van der Waals surface area contributed by atoms with E-state index in [1.807, 2.05) is 0 Å². The standard InChI is InChI=1S/C20H22F2N6O/c21-14-2-4-18-17(7-14)19(26-29-18)28-6-5-27-11-13(1-3-16(27)12-28)8-23-20-24-9-15(22)10-25-20/h2,4,7,9-10,13,16H,1,3,5-6,8,11-12H2,(H,23,24,25). The first-order valence-corrected chi connectivity index (χ1v) is 9.91. The van der Waals surface area contributed by atoms with E-state index in [0.29, 0.717) is 23.5 Å². The van der Waals surface area contributed by atoms with Crippen LogP contribution >= 0.6 is 0 Å². The van der Waals surface area contributed by atoms with Gasteiger partial charge in [-0.15, -0.1) is 0 Å². The van der Waals surface area contributed by atoms with Crippen molar-refractivity contribution in [2.45, 2.75) is 18.9 Å². The van der Waals surface area contributed by atoms with Gasteiger partial charge in [-0.1, -0.05) is 5.16 Å². The van der Waals surface area contributed by atoms with Crippen LogP contribution in [0.2, 0.25) is 0 Å². The Labute approximate surface area is 166 Å². The van der Waals surface area contributed by atoms with Crippen molar-refractivity contribution in [3.05, 3.63) is 42.2 Å². The fraction of sp³-hybridized carbons (Fsp3) is 0.450. The third-order valence-electron chi connectivity index (χ3n) is 5.89. The van der Waals surface area contributed by atoms with Crippen molar-refractivity contribution in [1.82, 2.24) is 20.0 Å². The van der Waals surface area contributed by atoms with E-state index in [4.69, 9.17) is 4.52 Å². The normalized spacial score (nSPS) is 22.6. The smallest absolute Gasteiger partial charge is 0.222 e. The zero-order chi connectivity index (χ0) is 19.8. The molecule has 4 heterocycles. The van der Waals surface area contributed by atoms with Crippen molar-refractivity contribution in [3.8, 4) is 0 Å². The second-order valence-electron chi connectivity index (χ2n) is 7.79. The summed E-state index contributed by atoms with van der Waals surface area (Å²) >= 11 is 0. The van der Waals surface area contributed by atoms with E-state index < -0.39 is 5.82 Å². The topological polar surface area (TPSA) is 70.3 Å². The molecule has 1 N–H and O–H groups in total. The number of piperazine rings is 1. The third-order valence-corrected chi connectivity index (χ3v) is 5.89. The summed E-state index contributed by atoms with van der Waals surface area (Å²) in [5, 5.41) is 8.14. The highest BCUT2D eigenvalue weighted by atomic mass is 19.1. The van der Waals surface area contributed by atoms with Crippen molar-refractivity contribution < 1.29 is 13.3 Å². The van der Waals surface area contributed by atoms with Crippen molar-refractivity contribution in [2.75, 3.05) is 42.9 Å². The van der Waals surface area contributed by atoms with Crippen LogP contribution in [0.3, 0.4) is 0 Å². The van der Waals surface area contributed by atoms with Crippen LogP contribution in [0.1, 0.15) is 12.8 Å². The van der Waals surface area contributed by atoms with Crippen LogP contribution in [-0.2, 0) is 0 Å². The first kappa shape index (κ1) is 18.2. The molecule has 2 atom stereocenters. The summed E-state index contributed by atoms with van der Waals surface area (Å²) in [6.07, 6.45) is 4.52. The molecule has 3 aromatic rings. The Morgan fingerprint density at radius 3 is 2.79 bits per heavy atom. The van der Waals surface area contributed by atoms with Gasteiger partial charge in [-0.05, 0) is 37.0 Å². The second kappa shape index (κ2) is 7.55. The summed E-state index contributed by atoms with van der Waals surface area (Å²) in [4.78, 5) is 12.6. The predicted octanol–water partition coefficient (Wildman–Crippen LogP) is 2.91. The Balaban J connectivity index is 1.20. The lowest BCUT2D eigenvalue weighted by Crippen LogP contribution is -2.57. The van der Waals surface area contributed by atoms with E-state index in [-0.39, 0.29) is 5.82 Å². The molecule has 5 rings (SSSR count). The second-order valence-corrected chi connectivity index (χ2v) is 7.79. The number of benzene rings is 1. The van der Waals surface area contributed by atoms with Gasteiger partial charge in [0.1, 0.15) is 5.82 Å². The van der Waals surface area contributed by atoms with Gasteiger partial charge in [0.15, 0.2) is 17.2 Å². The maximum Gasteiger partial charge on any atom is 0.222 e. The summed E-state index contributed by atoms with van der Waals surface area (Å²) in [7, 11) is 0. The monoisotopic (exact) mass is 400 g/mol. The molecule has 152 valence electrons. The van der Waals surface area contributed by atoms with Gasteiger partial charge in [0, 0.05) is 38.8 Å². The quantitative estimate of drug-likeness (QED) is 0.722. The molecular weight excluding hydrogens is 378 g/mol. The van der Waals surface area contributed by atoms with E-state index in [1.165, 1.54) is 24.5 Å². The van der Waals surface area contributed by atoms with Crippen molar-refractivity contribution >= 4 is 22.7 Å². The number of rotatable bonds is 4. The molecule has 2 saturated heterocycles. The molecule has 9 heteroatoms. The Hall–Kier alpha value is -2.81. The molecule has 0 spiro atoms. The molecule has 0 amide bonds. The maximum absolute atomic E-state index is 13.7. The maximum atomic E-state index is 13.7. The summed E-state index contributed by atoms with van der Waals surface area (Å²) in [5.41, 5.74) is 0.613. The molecule has 7 nitrogen and oxygen atoms in total. The van der Waals surface area contributed by atoms with Gasteiger partial charge in [0.05, 0.1) is 17.8 Å². The van der Waals surface area contributed by atoms with Crippen LogP contribution in [0.5, 0.6) is 0 Å². The number of fused-ring (bicyclic) bond motifs is 2. The minimum atomic E-state index is -0.434. The zero-order valence-corrected chi connectivity index (χ0v) is 15.9. The number of aromatic nitrogens is 3. The SMILES string of the molecule is Fc1cnc(NCC2CCC3CN(c4noc5ccc(F)cc45)CCN3C2)nc1.